The Bertz CT molecular complexity index is 1050. The highest BCUT2D eigenvalue weighted by Crippen LogP contribution is 2.28. The SMILES string of the molecule is CCc1cc(CCn2c(C)ccc2CCc2cccc(OC(F)(F)C(F)F)c2)ccc1O. The zero-order valence-electron chi connectivity index (χ0n) is 18.1. The lowest BCUT2D eigenvalue weighted by atomic mass is 10.0. The summed E-state index contributed by atoms with van der Waals surface area (Å²) >= 11 is 0. The Morgan fingerprint density at radius 3 is 2.44 bits per heavy atom. The Hall–Kier alpha value is -2.96. The summed E-state index contributed by atoms with van der Waals surface area (Å²) in [6, 6.07) is 15.6. The van der Waals surface area contributed by atoms with Crippen molar-refractivity contribution in [2.75, 3.05) is 0 Å². The number of aromatic hydroxyl groups is 1. The molecular weight excluding hydrogens is 422 g/mol. The Labute approximate surface area is 185 Å². The van der Waals surface area contributed by atoms with E-state index in [1.807, 2.05) is 38.1 Å². The van der Waals surface area contributed by atoms with E-state index in [1.165, 1.54) is 18.2 Å². The highest BCUT2D eigenvalue weighted by Gasteiger charge is 2.43. The topological polar surface area (TPSA) is 34.4 Å². The second-order valence-corrected chi connectivity index (χ2v) is 7.80. The molecule has 0 aliphatic heterocycles. The summed E-state index contributed by atoms with van der Waals surface area (Å²) in [7, 11) is 0. The van der Waals surface area contributed by atoms with Gasteiger partial charge in [-0.05, 0) is 79.6 Å². The molecule has 1 aromatic heterocycles. The average Bonchev–Trinajstić information content (AvgIpc) is 3.11. The number of ether oxygens (including phenoxy) is 1. The van der Waals surface area contributed by atoms with Crippen LogP contribution in [0.3, 0.4) is 0 Å². The van der Waals surface area contributed by atoms with Gasteiger partial charge in [-0.25, -0.2) is 0 Å². The smallest absolute Gasteiger partial charge is 0.461 e. The lowest BCUT2D eigenvalue weighted by molar-refractivity contribution is -0.253. The van der Waals surface area contributed by atoms with Crippen molar-refractivity contribution < 1.29 is 27.4 Å². The lowest BCUT2D eigenvalue weighted by Gasteiger charge is -2.17. The summed E-state index contributed by atoms with van der Waals surface area (Å²) in [6.07, 6.45) is -5.62. The number of rotatable bonds is 10. The number of nitrogens with zero attached hydrogens (tertiary/aromatic N) is 1. The van der Waals surface area contributed by atoms with Crippen LogP contribution in [0.1, 0.15) is 35.0 Å². The van der Waals surface area contributed by atoms with Gasteiger partial charge in [0.15, 0.2) is 0 Å². The molecule has 3 rings (SSSR count). The van der Waals surface area contributed by atoms with Crippen LogP contribution in [-0.2, 0) is 32.2 Å². The summed E-state index contributed by atoms with van der Waals surface area (Å²) in [5.74, 6) is 0.0324. The third-order valence-electron chi connectivity index (χ3n) is 5.51. The van der Waals surface area contributed by atoms with Crippen LogP contribution in [0.2, 0.25) is 0 Å². The Kier molecular flexibility index (Phi) is 7.48. The monoisotopic (exact) mass is 449 g/mol. The van der Waals surface area contributed by atoms with Crippen LogP contribution >= 0.6 is 0 Å². The van der Waals surface area contributed by atoms with Gasteiger partial charge >= 0.3 is 12.5 Å². The summed E-state index contributed by atoms with van der Waals surface area (Å²) in [5, 5.41) is 9.87. The molecule has 0 bridgehead atoms. The highest BCUT2D eigenvalue weighted by molar-refractivity contribution is 5.36. The van der Waals surface area contributed by atoms with Gasteiger partial charge in [-0.1, -0.05) is 31.2 Å². The molecule has 0 amide bonds. The van der Waals surface area contributed by atoms with Gasteiger partial charge in [0.25, 0.3) is 0 Å². The number of alkyl halides is 4. The predicted octanol–water partition coefficient (Wildman–Crippen LogP) is 6.33. The third-order valence-corrected chi connectivity index (χ3v) is 5.51. The number of aromatic nitrogens is 1. The molecule has 0 unspecified atom stereocenters. The Morgan fingerprint density at radius 1 is 0.969 bits per heavy atom. The third kappa shape index (κ3) is 5.84. The molecule has 0 atom stereocenters. The van der Waals surface area contributed by atoms with Gasteiger partial charge in [-0.15, -0.1) is 0 Å². The molecule has 3 nitrogen and oxygen atoms in total. The van der Waals surface area contributed by atoms with Crippen LogP contribution in [0.25, 0.3) is 0 Å². The van der Waals surface area contributed by atoms with Crippen molar-refractivity contribution in [2.24, 2.45) is 0 Å². The molecule has 7 heteroatoms. The minimum absolute atomic E-state index is 0.279. The van der Waals surface area contributed by atoms with Crippen molar-refractivity contribution >= 4 is 0 Å². The molecule has 0 aliphatic rings. The van der Waals surface area contributed by atoms with Crippen LogP contribution in [0.5, 0.6) is 11.5 Å². The molecule has 0 saturated carbocycles. The quantitative estimate of drug-likeness (QED) is 0.367. The van der Waals surface area contributed by atoms with Crippen LogP contribution < -0.4 is 4.74 Å². The zero-order valence-corrected chi connectivity index (χ0v) is 18.1. The van der Waals surface area contributed by atoms with E-state index >= 15 is 0 Å². The number of hydrogen-bond acceptors (Lipinski definition) is 2. The first-order chi connectivity index (χ1) is 15.2. The minimum Gasteiger partial charge on any atom is -0.508 e. The van der Waals surface area contributed by atoms with Gasteiger partial charge in [0.2, 0.25) is 0 Å². The van der Waals surface area contributed by atoms with Crippen LogP contribution in [0.4, 0.5) is 17.6 Å². The molecule has 32 heavy (non-hydrogen) atoms. The molecular formula is C25H27F4NO2. The van der Waals surface area contributed by atoms with Gasteiger partial charge in [-0.2, -0.15) is 17.6 Å². The molecule has 1 N–H and O–H groups in total. The van der Waals surface area contributed by atoms with E-state index in [1.54, 1.807) is 12.1 Å². The summed E-state index contributed by atoms with van der Waals surface area (Å²) in [5.41, 5.74) is 5.00. The first kappa shape index (κ1) is 23.7. The molecule has 0 spiro atoms. The number of aryl methyl sites for hydroxylation is 5. The van der Waals surface area contributed by atoms with Crippen molar-refractivity contribution in [3.05, 3.63) is 82.7 Å². The first-order valence-corrected chi connectivity index (χ1v) is 10.6. The van der Waals surface area contributed by atoms with Crippen LogP contribution in [0.15, 0.2) is 54.6 Å². The van der Waals surface area contributed by atoms with E-state index < -0.39 is 12.5 Å². The van der Waals surface area contributed by atoms with E-state index in [4.69, 9.17) is 0 Å². The molecule has 2 aromatic carbocycles. The maximum Gasteiger partial charge on any atom is 0.461 e. The molecule has 172 valence electrons. The standard InChI is InChI=1S/C25H27F4NO2/c1-3-20-15-19(9-12-23(20)31)13-14-30-17(2)7-10-21(30)11-8-18-5-4-6-22(16-18)32-25(28,29)24(26)27/h4-7,9-10,12,15-16,24,31H,3,8,11,13-14H2,1-2H3. The van der Waals surface area contributed by atoms with Crippen molar-refractivity contribution in [1.29, 1.82) is 0 Å². The molecule has 1 heterocycles. The van der Waals surface area contributed by atoms with E-state index in [-0.39, 0.29) is 5.75 Å². The fourth-order valence-corrected chi connectivity index (χ4v) is 3.72. The van der Waals surface area contributed by atoms with Gasteiger partial charge in [0.1, 0.15) is 11.5 Å². The summed E-state index contributed by atoms with van der Waals surface area (Å²) in [6.45, 7) is 4.80. The van der Waals surface area contributed by atoms with E-state index in [2.05, 4.69) is 9.30 Å². The fourth-order valence-electron chi connectivity index (χ4n) is 3.72. The zero-order chi connectivity index (χ0) is 23.3. The second kappa shape index (κ2) is 10.1. The predicted molar refractivity (Wildman–Crippen MR) is 116 cm³/mol. The maximum atomic E-state index is 13.2. The van der Waals surface area contributed by atoms with Crippen molar-refractivity contribution in [1.82, 2.24) is 4.57 Å². The normalized spacial score (nSPS) is 11.8. The number of hydrogen-bond donors (Lipinski definition) is 1. The summed E-state index contributed by atoms with van der Waals surface area (Å²) in [4.78, 5) is 0. The molecule has 0 aliphatic carbocycles. The molecule has 0 fully saturated rings. The maximum absolute atomic E-state index is 13.2. The largest absolute Gasteiger partial charge is 0.508 e. The molecule has 3 aromatic rings. The number of halogens is 4. The number of phenolic OH excluding ortho intramolecular Hbond substituents is 1. The minimum atomic E-state index is -4.52. The number of phenols is 1. The van der Waals surface area contributed by atoms with Gasteiger partial charge in [0, 0.05) is 17.9 Å². The Balaban J connectivity index is 1.65. The molecule has 0 saturated heterocycles. The van der Waals surface area contributed by atoms with E-state index in [0.29, 0.717) is 18.6 Å². The first-order valence-electron chi connectivity index (χ1n) is 10.6. The average molecular weight is 449 g/mol. The Morgan fingerprint density at radius 2 is 1.72 bits per heavy atom. The van der Waals surface area contributed by atoms with Gasteiger partial charge in [-0.3, -0.25) is 0 Å². The van der Waals surface area contributed by atoms with Crippen molar-refractivity contribution in [3.8, 4) is 11.5 Å². The lowest BCUT2D eigenvalue weighted by Crippen LogP contribution is -2.33. The van der Waals surface area contributed by atoms with Crippen molar-refractivity contribution in [3.63, 3.8) is 0 Å². The highest BCUT2D eigenvalue weighted by atomic mass is 19.3. The molecule has 0 radical (unpaired) electrons. The van der Waals surface area contributed by atoms with Crippen LogP contribution in [0, 0.1) is 6.92 Å². The van der Waals surface area contributed by atoms with Gasteiger partial charge < -0.3 is 14.4 Å². The summed E-state index contributed by atoms with van der Waals surface area (Å²) < 4.78 is 57.5. The fraction of sp³-hybridized carbons (Fsp3) is 0.360. The second-order valence-electron chi connectivity index (χ2n) is 7.80. The van der Waals surface area contributed by atoms with Gasteiger partial charge in [0.05, 0.1) is 0 Å². The van der Waals surface area contributed by atoms with Crippen LogP contribution in [-0.4, -0.2) is 22.2 Å². The van der Waals surface area contributed by atoms with Crippen molar-refractivity contribution in [2.45, 2.75) is 58.6 Å². The van der Waals surface area contributed by atoms with E-state index in [0.717, 1.165) is 47.5 Å². The number of benzene rings is 2. The van der Waals surface area contributed by atoms with E-state index in [9.17, 15) is 22.7 Å².